The van der Waals surface area contributed by atoms with Crippen LogP contribution >= 0.6 is 0 Å². The van der Waals surface area contributed by atoms with Crippen LogP contribution in [0, 0.1) is 4.78 Å². The second-order valence-corrected chi connectivity index (χ2v) is 11.0. The normalized spacial score (nSPS) is 15.2. The van der Waals surface area contributed by atoms with Crippen molar-refractivity contribution in [3.8, 4) is 17.2 Å². The number of aromatic nitrogens is 4. The third-order valence-corrected chi connectivity index (χ3v) is 8.51. The molecular weight excluding hydrogens is 468 g/mol. The monoisotopic (exact) mass is 496 g/mol. The molecule has 4 aromatic rings. The van der Waals surface area contributed by atoms with Gasteiger partial charge in [-0.05, 0) is 37.1 Å². The largest absolute Gasteiger partial charge is 0.497 e. The van der Waals surface area contributed by atoms with Crippen LogP contribution in [0.2, 0.25) is 0 Å². The number of rotatable bonds is 10. The quantitative estimate of drug-likeness (QED) is 0.341. The number of methoxy groups -OCH3 is 3. The van der Waals surface area contributed by atoms with Crippen LogP contribution in [0.15, 0.2) is 36.4 Å². The smallest absolute Gasteiger partial charge is 0.226 e. The Kier molecular flexibility index (Phi) is 6.10. The van der Waals surface area contributed by atoms with Gasteiger partial charge < -0.3 is 19.5 Å². The summed E-state index contributed by atoms with van der Waals surface area (Å²) in [6.07, 6.45) is 2.12. The lowest BCUT2D eigenvalue weighted by molar-refractivity contribution is 0.391. The first-order valence-corrected chi connectivity index (χ1v) is 13.1. The van der Waals surface area contributed by atoms with Crippen LogP contribution in [0.25, 0.3) is 16.6 Å². The Labute approximate surface area is 203 Å². The minimum Gasteiger partial charge on any atom is -0.497 e. The van der Waals surface area contributed by atoms with E-state index in [0.29, 0.717) is 53.2 Å². The Morgan fingerprint density at radius 3 is 2.60 bits per heavy atom. The first-order valence-electron chi connectivity index (χ1n) is 11.4. The standard InChI is InChI=1S/C24H28N6O4S/c1-32-16-8-7-15(20(13-16)34-3)14-26-24-28-22-18(5-4-6-19(22)33-2)23-27-21(29-30(23)24)11-12-35(25,31)17-9-10-17/h4-8,13,17,25H,9-12,14H2,1-3H3,(H,26,28). The van der Waals surface area contributed by atoms with Gasteiger partial charge in [0.2, 0.25) is 5.95 Å². The topological polar surface area (TPSA) is 124 Å². The molecule has 1 fully saturated rings. The molecule has 2 N–H and O–H groups in total. The summed E-state index contributed by atoms with van der Waals surface area (Å²) in [5, 5.41) is 8.83. The minimum atomic E-state index is -2.61. The van der Waals surface area contributed by atoms with Gasteiger partial charge in [0.05, 0.1) is 21.3 Å². The van der Waals surface area contributed by atoms with Gasteiger partial charge in [-0.3, -0.25) is 4.78 Å². The van der Waals surface area contributed by atoms with Crippen molar-refractivity contribution in [1.29, 1.82) is 4.78 Å². The summed E-state index contributed by atoms with van der Waals surface area (Å²) in [5.41, 5.74) is 2.20. The van der Waals surface area contributed by atoms with Crippen LogP contribution in [0.1, 0.15) is 24.2 Å². The van der Waals surface area contributed by atoms with Crippen molar-refractivity contribution in [2.45, 2.75) is 31.1 Å². The van der Waals surface area contributed by atoms with Gasteiger partial charge in [-0.1, -0.05) is 6.07 Å². The fraction of sp³-hybridized carbons (Fsp3) is 0.375. The van der Waals surface area contributed by atoms with Gasteiger partial charge >= 0.3 is 0 Å². The summed E-state index contributed by atoms with van der Waals surface area (Å²) in [6.45, 7) is 0.424. The first-order chi connectivity index (χ1) is 16.9. The molecule has 1 saturated carbocycles. The molecule has 1 aliphatic rings. The molecule has 1 aliphatic carbocycles. The lowest BCUT2D eigenvalue weighted by Crippen LogP contribution is -2.13. The second kappa shape index (κ2) is 9.21. The molecule has 2 aromatic heterocycles. The number of hydrogen-bond donors (Lipinski definition) is 2. The summed E-state index contributed by atoms with van der Waals surface area (Å²) in [7, 11) is 2.22. The molecule has 5 rings (SSSR count). The van der Waals surface area contributed by atoms with Gasteiger partial charge in [-0.15, -0.1) is 5.10 Å². The maximum absolute atomic E-state index is 12.6. The van der Waals surface area contributed by atoms with Crippen LogP contribution < -0.4 is 19.5 Å². The number of aryl methyl sites for hydroxylation is 1. The first kappa shape index (κ1) is 23.2. The molecule has 35 heavy (non-hydrogen) atoms. The highest BCUT2D eigenvalue weighted by Crippen LogP contribution is 2.31. The summed E-state index contributed by atoms with van der Waals surface area (Å²) in [4.78, 5) is 9.54. The van der Waals surface area contributed by atoms with Gasteiger partial charge in [0.1, 0.15) is 22.8 Å². The van der Waals surface area contributed by atoms with E-state index in [1.54, 1.807) is 25.8 Å². The van der Waals surface area contributed by atoms with E-state index in [0.717, 1.165) is 23.8 Å². The molecule has 10 nitrogen and oxygen atoms in total. The molecule has 1 atom stereocenters. The zero-order chi connectivity index (χ0) is 24.6. The van der Waals surface area contributed by atoms with Gasteiger partial charge in [0.15, 0.2) is 11.5 Å². The molecule has 1 unspecified atom stereocenters. The van der Waals surface area contributed by atoms with Crippen LogP contribution in [0.5, 0.6) is 17.2 Å². The molecule has 2 aromatic carbocycles. The molecule has 0 amide bonds. The van der Waals surface area contributed by atoms with E-state index in [4.69, 9.17) is 29.0 Å². The Hall–Kier alpha value is -3.60. The van der Waals surface area contributed by atoms with Crippen molar-refractivity contribution in [1.82, 2.24) is 19.6 Å². The summed E-state index contributed by atoms with van der Waals surface area (Å²) < 4.78 is 38.8. The average molecular weight is 497 g/mol. The van der Waals surface area contributed by atoms with Crippen molar-refractivity contribution in [3.63, 3.8) is 0 Å². The highest BCUT2D eigenvalue weighted by molar-refractivity contribution is 7.93. The number of para-hydroxylation sites is 1. The van der Waals surface area contributed by atoms with Gasteiger partial charge in [0.25, 0.3) is 0 Å². The zero-order valence-corrected chi connectivity index (χ0v) is 20.7. The predicted octanol–water partition coefficient (Wildman–Crippen LogP) is 3.67. The zero-order valence-electron chi connectivity index (χ0n) is 19.9. The van der Waals surface area contributed by atoms with E-state index < -0.39 is 9.73 Å². The maximum Gasteiger partial charge on any atom is 0.226 e. The van der Waals surface area contributed by atoms with E-state index in [-0.39, 0.29) is 11.0 Å². The van der Waals surface area contributed by atoms with E-state index in [9.17, 15) is 4.21 Å². The fourth-order valence-corrected chi connectivity index (χ4v) is 5.78. The van der Waals surface area contributed by atoms with E-state index in [2.05, 4.69) is 10.4 Å². The molecule has 2 heterocycles. The Morgan fingerprint density at radius 2 is 1.89 bits per heavy atom. The van der Waals surface area contributed by atoms with Crippen molar-refractivity contribution in [3.05, 3.63) is 47.8 Å². The van der Waals surface area contributed by atoms with Gasteiger partial charge in [0, 0.05) is 50.7 Å². The van der Waals surface area contributed by atoms with Crippen LogP contribution in [-0.4, -0.2) is 56.1 Å². The highest BCUT2D eigenvalue weighted by atomic mass is 32.2. The number of fused-ring (bicyclic) bond motifs is 3. The molecule has 0 saturated heterocycles. The SMILES string of the molecule is COc1ccc(CNc2nc3c(OC)cccc3c3nc(CCS(=N)(=O)C4CC4)nn23)c(OC)c1. The van der Waals surface area contributed by atoms with Crippen LogP contribution in [-0.2, 0) is 22.7 Å². The Bertz CT molecular complexity index is 1500. The number of ether oxygens (including phenoxy) is 3. The summed E-state index contributed by atoms with van der Waals surface area (Å²) in [5.74, 6) is 3.31. The number of anilines is 1. The molecular formula is C24H28N6O4S. The van der Waals surface area contributed by atoms with Crippen molar-refractivity contribution in [2.24, 2.45) is 0 Å². The fourth-order valence-electron chi connectivity index (χ4n) is 4.06. The molecule has 184 valence electrons. The summed E-state index contributed by atoms with van der Waals surface area (Å²) >= 11 is 0. The van der Waals surface area contributed by atoms with Crippen LogP contribution in [0.3, 0.4) is 0 Å². The van der Waals surface area contributed by atoms with Gasteiger partial charge in [-0.2, -0.15) is 4.52 Å². The number of nitrogens with one attached hydrogen (secondary N) is 2. The third kappa shape index (κ3) is 4.55. The lowest BCUT2D eigenvalue weighted by Gasteiger charge is -2.13. The van der Waals surface area contributed by atoms with Crippen LogP contribution in [0.4, 0.5) is 5.95 Å². The minimum absolute atomic E-state index is 0.0167. The maximum atomic E-state index is 12.6. The lowest BCUT2D eigenvalue weighted by atomic mass is 10.2. The second-order valence-electron chi connectivity index (χ2n) is 8.47. The molecule has 0 bridgehead atoms. The van der Waals surface area contributed by atoms with E-state index in [1.807, 2.05) is 36.4 Å². The van der Waals surface area contributed by atoms with Crippen molar-refractivity contribution >= 4 is 32.2 Å². The van der Waals surface area contributed by atoms with Crippen molar-refractivity contribution < 1.29 is 18.4 Å². The number of hydrogen-bond acceptors (Lipinski definition) is 9. The molecule has 0 aliphatic heterocycles. The summed E-state index contributed by atoms with van der Waals surface area (Å²) in [6, 6.07) is 11.3. The van der Waals surface area contributed by atoms with E-state index in [1.165, 1.54) is 0 Å². The van der Waals surface area contributed by atoms with E-state index >= 15 is 0 Å². The van der Waals surface area contributed by atoms with Crippen molar-refractivity contribution in [2.75, 3.05) is 32.4 Å². The Balaban J connectivity index is 1.53. The predicted molar refractivity (Wildman–Crippen MR) is 134 cm³/mol. The third-order valence-electron chi connectivity index (χ3n) is 6.15. The Morgan fingerprint density at radius 1 is 1.09 bits per heavy atom. The van der Waals surface area contributed by atoms with Gasteiger partial charge in [-0.25, -0.2) is 14.2 Å². The number of nitrogens with zero attached hydrogens (tertiary/aromatic N) is 4. The average Bonchev–Trinajstić information content (AvgIpc) is 3.65. The molecule has 11 heteroatoms. The molecule has 0 spiro atoms. The number of benzene rings is 2. The highest BCUT2D eigenvalue weighted by Gasteiger charge is 2.32. The molecule has 0 radical (unpaired) electrons.